The van der Waals surface area contributed by atoms with Crippen LogP contribution in [0.3, 0.4) is 0 Å². The van der Waals surface area contributed by atoms with E-state index in [0.717, 1.165) is 10.2 Å². The largest absolute Gasteiger partial charge is 0.226 e. The minimum Gasteiger partial charge on any atom is -0.226 e. The monoisotopic (exact) mass is 274 g/mol. The normalized spacial score (nSPS) is 11.1. The van der Waals surface area contributed by atoms with E-state index in [1.165, 1.54) is 22.3 Å². The van der Waals surface area contributed by atoms with Gasteiger partial charge in [0, 0.05) is 22.5 Å². The van der Waals surface area contributed by atoms with Crippen molar-refractivity contribution in [2.45, 2.75) is 13.8 Å². The summed E-state index contributed by atoms with van der Waals surface area (Å²) in [6, 6.07) is 6.48. The van der Waals surface area contributed by atoms with Gasteiger partial charge in [-0.1, -0.05) is 18.2 Å². The summed E-state index contributed by atoms with van der Waals surface area (Å²) in [4.78, 5) is 9.23. The van der Waals surface area contributed by atoms with E-state index in [4.69, 9.17) is 11.6 Å². The lowest BCUT2D eigenvalue weighted by molar-refractivity contribution is 1.23. The summed E-state index contributed by atoms with van der Waals surface area (Å²) in [5.41, 5.74) is 4.98. The summed E-state index contributed by atoms with van der Waals surface area (Å²) in [5, 5.41) is 3.48. The van der Waals surface area contributed by atoms with E-state index in [1.807, 2.05) is 0 Å². The maximum Gasteiger partial charge on any atom is 0.223 e. The number of fused-ring (bicyclic) bond motifs is 1. The maximum absolute atomic E-state index is 5.80. The van der Waals surface area contributed by atoms with Crippen LogP contribution in [0.15, 0.2) is 29.8 Å². The number of hydrogen-bond donors (Lipinski definition) is 0. The average Bonchev–Trinajstić information content (AvgIpc) is 2.75. The van der Waals surface area contributed by atoms with Gasteiger partial charge in [-0.3, -0.25) is 0 Å². The first kappa shape index (κ1) is 11.6. The second-order valence-corrected chi connectivity index (χ2v) is 5.50. The van der Waals surface area contributed by atoms with Crippen molar-refractivity contribution in [2.24, 2.45) is 0 Å². The number of aryl methyl sites for hydroxylation is 2. The van der Waals surface area contributed by atoms with Gasteiger partial charge >= 0.3 is 0 Å². The van der Waals surface area contributed by atoms with Crippen LogP contribution >= 0.6 is 22.9 Å². The first-order valence-electron chi connectivity index (χ1n) is 5.62. The standard InChI is InChI=1S/C14H11ClN2S/c1-8-3-4-10(5-9(8)2)12-7-18-13-11(12)6-16-14(15)17-13/h3-7H,1-2H3. The molecular weight excluding hydrogens is 264 g/mol. The minimum atomic E-state index is 0.302. The lowest BCUT2D eigenvalue weighted by Gasteiger charge is -2.04. The van der Waals surface area contributed by atoms with Crippen LogP contribution < -0.4 is 0 Å². The smallest absolute Gasteiger partial charge is 0.223 e. The van der Waals surface area contributed by atoms with Gasteiger partial charge in [-0.2, -0.15) is 0 Å². The van der Waals surface area contributed by atoms with Gasteiger partial charge in [-0.15, -0.1) is 11.3 Å². The molecule has 0 aliphatic rings. The minimum absolute atomic E-state index is 0.302. The quantitative estimate of drug-likeness (QED) is 0.605. The van der Waals surface area contributed by atoms with Crippen LogP contribution in [0.1, 0.15) is 11.1 Å². The Kier molecular flexibility index (Phi) is 2.80. The zero-order valence-corrected chi connectivity index (χ0v) is 11.6. The van der Waals surface area contributed by atoms with E-state index in [1.54, 1.807) is 17.5 Å². The molecule has 2 aromatic heterocycles. The molecular formula is C14H11ClN2S. The van der Waals surface area contributed by atoms with E-state index in [9.17, 15) is 0 Å². The zero-order valence-electron chi connectivity index (χ0n) is 10.1. The third-order valence-corrected chi connectivity index (χ3v) is 4.19. The molecule has 0 saturated heterocycles. The number of nitrogens with zero attached hydrogens (tertiary/aromatic N) is 2. The molecule has 2 nitrogen and oxygen atoms in total. The van der Waals surface area contributed by atoms with Crippen molar-refractivity contribution in [3.05, 3.63) is 46.2 Å². The molecule has 0 fully saturated rings. The molecule has 0 unspecified atom stereocenters. The second-order valence-electron chi connectivity index (χ2n) is 4.31. The number of halogens is 1. The van der Waals surface area contributed by atoms with Crippen LogP contribution in [0.2, 0.25) is 5.28 Å². The van der Waals surface area contributed by atoms with Crippen molar-refractivity contribution in [2.75, 3.05) is 0 Å². The molecule has 1 aromatic carbocycles. The van der Waals surface area contributed by atoms with Crippen LogP contribution in [0, 0.1) is 13.8 Å². The third-order valence-electron chi connectivity index (χ3n) is 3.12. The topological polar surface area (TPSA) is 25.8 Å². The average molecular weight is 275 g/mol. The summed E-state index contributed by atoms with van der Waals surface area (Å²) < 4.78 is 0. The number of thiophene rings is 1. The van der Waals surface area contributed by atoms with Crippen molar-refractivity contribution >= 4 is 33.2 Å². The maximum atomic E-state index is 5.80. The lowest BCUT2D eigenvalue weighted by atomic mass is 10.0. The predicted molar refractivity (Wildman–Crippen MR) is 77.3 cm³/mol. The van der Waals surface area contributed by atoms with Crippen molar-refractivity contribution in [1.29, 1.82) is 0 Å². The highest BCUT2D eigenvalue weighted by Crippen LogP contribution is 2.33. The zero-order chi connectivity index (χ0) is 12.7. The molecule has 4 heteroatoms. The molecule has 0 saturated carbocycles. The number of benzene rings is 1. The second kappa shape index (κ2) is 4.34. The Morgan fingerprint density at radius 3 is 2.78 bits per heavy atom. The Morgan fingerprint density at radius 1 is 1.17 bits per heavy atom. The predicted octanol–water partition coefficient (Wildman–Crippen LogP) is 4.63. The van der Waals surface area contributed by atoms with E-state index in [-0.39, 0.29) is 0 Å². The number of hydrogen-bond acceptors (Lipinski definition) is 3. The molecule has 3 aromatic rings. The molecule has 0 bridgehead atoms. The summed E-state index contributed by atoms with van der Waals surface area (Å²) in [6.45, 7) is 4.24. The molecule has 3 rings (SSSR count). The van der Waals surface area contributed by atoms with Gasteiger partial charge in [0.05, 0.1) is 0 Å². The molecule has 18 heavy (non-hydrogen) atoms. The van der Waals surface area contributed by atoms with Gasteiger partial charge in [-0.25, -0.2) is 9.97 Å². The Balaban J connectivity index is 2.22. The van der Waals surface area contributed by atoms with Crippen LogP contribution in [0.4, 0.5) is 0 Å². The highest BCUT2D eigenvalue weighted by Gasteiger charge is 2.09. The van der Waals surface area contributed by atoms with Crippen LogP contribution in [0.25, 0.3) is 21.3 Å². The van der Waals surface area contributed by atoms with Gasteiger partial charge in [0.15, 0.2) is 0 Å². The van der Waals surface area contributed by atoms with Crippen LogP contribution in [-0.2, 0) is 0 Å². The van der Waals surface area contributed by atoms with Crippen molar-refractivity contribution in [1.82, 2.24) is 9.97 Å². The summed E-state index contributed by atoms with van der Waals surface area (Å²) in [7, 11) is 0. The van der Waals surface area contributed by atoms with Crippen LogP contribution in [-0.4, -0.2) is 9.97 Å². The summed E-state index contributed by atoms with van der Waals surface area (Å²) in [6.07, 6.45) is 1.80. The Bertz CT molecular complexity index is 734. The highest BCUT2D eigenvalue weighted by atomic mass is 35.5. The fourth-order valence-electron chi connectivity index (χ4n) is 1.93. The molecule has 0 aliphatic heterocycles. The highest BCUT2D eigenvalue weighted by molar-refractivity contribution is 7.17. The van der Waals surface area contributed by atoms with Gasteiger partial charge in [0.25, 0.3) is 0 Å². The number of aromatic nitrogens is 2. The van der Waals surface area contributed by atoms with Gasteiger partial charge < -0.3 is 0 Å². The molecule has 0 aliphatic carbocycles. The first-order chi connectivity index (χ1) is 8.65. The Hall–Kier alpha value is -1.45. The fourth-order valence-corrected chi connectivity index (χ4v) is 3.04. The fraction of sp³-hybridized carbons (Fsp3) is 0.143. The van der Waals surface area contributed by atoms with Crippen molar-refractivity contribution in [3.8, 4) is 11.1 Å². The summed E-state index contributed by atoms with van der Waals surface area (Å²) >= 11 is 7.40. The van der Waals surface area contributed by atoms with E-state index >= 15 is 0 Å². The molecule has 0 atom stereocenters. The molecule has 0 spiro atoms. The van der Waals surface area contributed by atoms with Crippen molar-refractivity contribution in [3.63, 3.8) is 0 Å². The van der Waals surface area contributed by atoms with E-state index < -0.39 is 0 Å². The van der Waals surface area contributed by atoms with Gasteiger partial charge in [0.2, 0.25) is 5.28 Å². The number of rotatable bonds is 1. The molecule has 90 valence electrons. The molecule has 0 amide bonds. The van der Waals surface area contributed by atoms with Crippen molar-refractivity contribution < 1.29 is 0 Å². The van der Waals surface area contributed by atoms with E-state index in [0.29, 0.717) is 5.28 Å². The summed E-state index contributed by atoms with van der Waals surface area (Å²) in [5.74, 6) is 0. The lowest BCUT2D eigenvalue weighted by Crippen LogP contribution is -1.84. The van der Waals surface area contributed by atoms with E-state index in [2.05, 4.69) is 47.4 Å². The molecule has 2 heterocycles. The Labute approximate surface area is 114 Å². The van der Waals surface area contributed by atoms with Crippen LogP contribution in [0.5, 0.6) is 0 Å². The molecule has 0 N–H and O–H groups in total. The van der Waals surface area contributed by atoms with Gasteiger partial charge in [0.1, 0.15) is 4.83 Å². The third kappa shape index (κ3) is 1.89. The first-order valence-corrected chi connectivity index (χ1v) is 6.88. The molecule has 0 radical (unpaired) electrons. The van der Waals surface area contributed by atoms with Gasteiger partial charge in [-0.05, 0) is 42.1 Å². The SMILES string of the molecule is Cc1ccc(-c2csc3nc(Cl)ncc23)cc1C. The Morgan fingerprint density at radius 2 is 2.00 bits per heavy atom.